The Hall–Kier alpha value is -2.37. The predicted octanol–water partition coefficient (Wildman–Crippen LogP) is 2.41. The van der Waals surface area contributed by atoms with E-state index in [1.165, 1.54) is 0 Å². The van der Waals surface area contributed by atoms with Gasteiger partial charge in [-0.2, -0.15) is 5.26 Å². The maximum atomic E-state index is 11.5. The van der Waals surface area contributed by atoms with Gasteiger partial charge in [0.15, 0.2) is 0 Å². The Labute approximate surface area is 138 Å². The lowest BCUT2D eigenvalue weighted by Gasteiger charge is -2.25. The third-order valence-electron chi connectivity index (χ3n) is 3.32. The molecule has 0 bridgehead atoms. The fraction of sp³-hybridized carbons (Fsp3) is 0.0714. The van der Waals surface area contributed by atoms with Gasteiger partial charge in [-0.3, -0.25) is 9.97 Å². The zero-order valence-corrected chi connectivity index (χ0v) is 13.4. The first-order valence-corrected chi connectivity index (χ1v) is 7.41. The normalized spacial score (nSPS) is 16.6. The van der Waals surface area contributed by atoms with Gasteiger partial charge in [-0.1, -0.05) is 40.3 Å². The number of ether oxygens (including phenoxy) is 1. The molecule has 0 saturated heterocycles. The molecule has 1 unspecified atom stereocenters. The molecule has 2 aromatic rings. The van der Waals surface area contributed by atoms with Gasteiger partial charge >= 0.3 is 5.69 Å². The van der Waals surface area contributed by atoms with E-state index in [0.717, 1.165) is 10.0 Å². The maximum absolute atomic E-state index is 11.5. The number of hydrogen-bond donors (Lipinski definition) is 3. The fourth-order valence-corrected chi connectivity index (χ4v) is 2.95. The predicted molar refractivity (Wildman–Crippen MR) is 85.7 cm³/mol. The van der Waals surface area contributed by atoms with Crippen molar-refractivity contribution >= 4 is 28.1 Å². The molecule has 4 N–H and O–H groups in total. The molecule has 2 heterocycles. The second-order valence-corrected chi connectivity index (χ2v) is 5.95. The lowest BCUT2D eigenvalue weighted by atomic mass is 9.85. The van der Waals surface area contributed by atoms with Crippen LogP contribution in [0, 0.1) is 16.0 Å². The van der Waals surface area contributed by atoms with Crippen molar-refractivity contribution in [3.05, 3.63) is 66.4 Å². The van der Waals surface area contributed by atoms with Crippen LogP contribution in [0.4, 0.5) is 0 Å². The van der Waals surface area contributed by atoms with Crippen molar-refractivity contribution in [1.82, 2.24) is 9.97 Å². The summed E-state index contributed by atoms with van der Waals surface area (Å²) in [5, 5.41) is 9.43. The van der Waals surface area contributed by atoms with Crippen molar-refractivity contribution < 1.29 is 4.74 Å². The number of nitriles is 1. The van der Waals surface area contributed by atoms with Crippen LogP contribution < -0.4 is 16.2 Å². The van der Waals surface area contributed by atoms with Gasteiger partial charge in [0.25, 0.3) is 0 Å². The monoisotopic (exact) mass is 376 g/mol. The standard InChI is InChI=1S/C14H9BrN4O2S/c15-7-3-1-6(2-4-7)9-8(5-16)11(17)21-12-10(9)13(22)19-14(20)18-12/h1-4,9H,17H2,(H2,18,19,20,22). The van der Waals surface area contributed by atoms with E-state index in [4.69, 9.17) is 22.7 Å². The van der Waals surface area contributed by atoms with Gasteiger partial charge in [0.2, 0.25) is 11.8 Å². The van der Waals surface area contributed by atoms with Crippen LogP contribution in [-0.2, 0) is 0 Å². The van der Waals surface area contributed by atoms with Crippen molar-refractivity contribution in [2.45, 2.75) is 5.92 Å². The summed E-state index contributed by atoms with van der Waals surface area (Å²) >= 11 is 8.60. The van der Waals surface area contributed by atoms with Gasteiger partial charge in [0, 0.05) is 4.47 Å². The van der Waals surface area contributed by atoms with E-state index in [-0.39, 0.29) is 22.0 Å². The summed E-state index contributed by atoms with van der Waals surface area (Å²) in [5.74, 6) is -0.375. The summed E-state index contributed by atoms with van der Waals surface area (Å²) < 4.78 is 6.48. The smallest absolute Gasteiger partial charge is 0.326 e. The van der Waals surface area contributed by atoms with Gasteiger partial charge in [0.05, 0.1) is 11.5 Å². The SMILES string of the molecule is N#CC1=C(N)Oc2[nH]c(=O)[nH]c(=S)c2C1c1ccc(Br)cc1. The van der Waals surface area contributed by atoms with Crippen molar-refractivity contribution in [2.75, 3.05) is 0 Å². The molecule has 3 rings (SSSR count). The average Bonchev–Trinajstić information content (AvgIpc) is 2.46. The molecule has 6 nitrogen and oxygen atoms in total. The van der Waals surface area contributed by atoms with E-state index in [2.05, 4.69) is 32.0 Å². The number of aromatic amines is 2. The van der Waals surface area contributed by atoms with E-state index in [1.807, 2.05) is 24.3 Å². The van der Waals surface area contributed by atoms with Crippen molar-refractivity contribution in [1.29, 1.82) is 5.26 Å². The average molecular weight is 377 g/mol. The number of benzene rings is 1. The second kappa shape index (κ2) is 5.44. The summed E-state index contributed by atoms with van der Waals surface area (Å²) in [6, 6.07) is 9.49. The molecule has 1 atom stereocenters. The first-order valence-electron chi connectivity index (χ1n) is 6.21. The maximum Gasteiger partial charge on any atom is 0.326 e. The first kappa shape index (κ1) is 14.6. The quantitative estimate of drug-likeness (QED) is 0.662. The summed E-state index contributed by atoms with van der Waals surface area (Å²) in [5.41, 5.74) is 6.91. The van der Waals surface area contributed by atoms with E-state index >= 15 is 0 Å². The Morgan fingerprint density at radius 2 is 2.00 bits per heavy atom. The topological polar surface area (TPSA) is 108 Å². The van der Waals surface area contributed by atoms with Gasteiger partial charge in [0.1, 0.15) is 16.3 Å². The molecule has 22 heavy (non-hydrogen) atoms. The Balaban J connectivity index is 2.32. The van der Waals surface area contributed by atoms with Crippen molar-refractivity contribution in [3.63, 3.8) is 0 Å². The number of fused-ring (bicyclic) bond motifs is 1. The van der Waals surface area contributed by atoms with Crippen LogP contribution >= 0.6 is 28.1 Å². The number of halogens is 1. The van der Waals surface area contributed by atoms with Crippen LogP contribution in [0.1, 0.15) is 17.0 Å². The zero-order chi connectivity index (χ0) is 15.9. The summed E-state index contributed by atoms with van der Waals surface area (Å²) in [7, 11) is 0. The van der Waals surface area contributed by atoms with Crippen LogP contribution in [0.5, 0.6) is 5.88 Å². The van der Waals surface area contributed by atoms with Crippen LogP contribution in [0.25, 0.3) is 0 Å². The lowest BCUT2D eigenvalue weighted by molar-refractivity contribution is 0.374. The van der Waals surface area contributed by atoms with Gasteiger partial charge in [-0.15, -0.1) is 0 Å². The van der Waals surface area contributed by atoms with E-state index in [9.17, 15) is 10.1 Å². The molecular formula is C14H9BrN4O2S. The summed E-state index contributed by atoms with van der Waals surface area (Å²) in [6.07, 6.45) is 0. The minimum atomic E-state index is -0.498. The molecule has 0 spiro atoms. The molecule has 0 aliphatic carbocycles. The Bertz CT molecular complexity index is 937. The number of nitrogens with two attached hydrogens (primary N) is 1. The number of nitrogens with one attached hydrogen (secondary N) is 2. The molecule has 0 saturated carbocycles. The number of allylic oxidation sites excluding steroid dienone is 1. The molecular weight excluding hydrogens is 368 g/mol. The van der Waals surface area contributed by atoms with Crippen molar-refractivity contribution in [3.8, 4) is 11.9 Å². The molecule has 0 fully saturated rings. The van der Waals surface area contributed by atoms with Gasteiger partial charge in [-0.25, -0.2) is 4.79 Å². The van der Waals surface area contributed by atoms with E-state index in [1.54, 1.807) is 0 Å². The fourth-order valence-electron chi connectivity index (χ4n) is 2.38. The highest BCUT2D eigenvalue weighted by atomic mass is 79.9. The highest BCUT2D eigenvalue weighted by molar-refractivity contribution is 9.10. The second-order valence-electron chi connectivity index (χ2n) is 4.63. The number of hydrogen-bond acceptors (Lipinski definition) is 5. The molecule has 0 radical (unpaired) electrons. The van der Waals surface area contributed by atoms with Crippen LogP contribution in [0.3, 0.4) is 0 Å². The largest absolute Gasteiger partial charge is 0.424 e. The molecule has 8 heteroatoms. The molecule has 110 valence electrons. The number of nitrogens with zero attached hydrogens (tertiary/aromatic N) is 1. The molecule has 1 aliphatic rings. The van der Waals surface area contributed by atoms with Crippen LogP contribution in [0.15, 0.2) is 45.0 Å². The number of H-pyrrole nitrogens is 2. The van der Waals surface area contributed by atoms with Crippen LogP contribution in [-0.4, -0.2) is 9.97 Å². The van der Waals surface area contributed by atoms with Crippen LogP contribution in [0.2, 0.25) is 0 Å². The van der Waals surface area contributed by atoms with Crippen molar-refractivity contribution in [2.24, 2.45) is 5.73 Å². The number of rotatable bonds is 1. The molecule has 1 aliphatic heterocycles. The number of aromatic nitrogens is 2. The summed E-state index contributed by atoms with van der Waals surface area (Å²) in [6.45, 7) is 0. The lowest BCUT2D eigenvalue weighted by Crippen LogP contribution is -2.25. The van der Waals surface area contributed by atoms with E-state index in [0.29, 0.717) is 5.56 Å². The minimum absolute atomic E-state index is 0.0424. The van der Waals surface area contributed by atoms with E-state index < -0.39 is 11.6 Å². The Kier molecular flexibility index (Phi) is 3.60. The third kappa shape index (κ3) is 2.34. The Morgan fingerprint density at radius 3 is 2.64 bits per heavy atom. The highest BCUT2D eigenvalue weighted by Gasteiger charge is 2.32. The molecule has 0 amide bonds. The molecule has 1 aromatic heterocycles. The summed E-state index contributed by atoms with van der Waals surface area (Å²) in [4.78, 5) is 16.6. The highest BCUT2D eigenvalue weighted by Crippen LogP contribution is 2.40. The molecule has 1 aromatic carbocycles. The third-order valence-corrected chi connectivity index (χ3v) is 4.17. The Morgan fingerprint density at radius 1 is 1.32 bits per heavy atom. The van der Waals surface area contributed by atoms with Gasteiger partial charge in [-0.05, 0) is 17.7 Å². The zero-order valence-electron chi connectivity index (χ0n) is 11.0. The first-order chi connectivity index (χ1) is 10.5. The van der Waals surface area contributed by atoms with Gasteiger partial charge < -0.3 is 10.5 Å². The minimum Gasteiger partial charge on any atom is -0.424 e.